The van der Waals surface area contributed by atoms with E-state index < -0.39 is 5.97 Å². The summed E-state index contributed by atoms with van der Waals surface area (Å²) >= 11 is 0. The van der Waals surface area contributed by atoms with Crippen molar-refractivity contribution < 1.29 is 19.4 Å². The third-order valence-corrected chi connectivity index (χ3v) is 4.55. The lowest BCUT2D eigenvalue weighted by atomic mass is 9.89. The van der Waals surface area contributed by atoms with Gasteiger partial charge in [0.2, 0.25) is 5.91 Å². The van der Waals surface area contributed by atoms with Crippen LogP contribution in [0.3, 0.4) is 0 Å². The van der Waals surface area contributed by atoms with Gasteiger partial charge in [-0.2, -0.15) is 0 Å². The second-order valence-corrected chi connectivity index (χ2v) is 5.68. The lowest BCUT2D eigenvalue weighted by Crippen LogP contribution is -2.44. The third-order valence-electron chi connectivity index (χ3n) is 4.55. The highest BCUT2D eigenvalue weighted by atomic mass is 16.5. The predicted octanol–water partition coefficient (Wildman–Crippen LogP) is -0.171. The minimum atomic E-state index is -0.763. The molecule has 3 aliphatic rings. The molecule has 106 valence electrons. The molecule has 4 atom stereocenters. The van der Waals surface area contributed by atoms with Crippen LogP contribution >= 0.6 is 0 Å². The van der Waals surface area contributed by atoms with Crippen LogP contribution in [0.4, 0.5) is 0 Å². The molecule has 1 amide bonds. The van der Waals surface area contributed by atoms with Crippen molar-refractivity contribution in [1.82, 2.24) is 10.2 Å². The van der Waals surface area contributed by atoms with Crippen molar-refractivity contribution in [2.45, 2.75) is 43.9 Å². The third kappa shape index (κ3) is 2.34. The molecule has 0 spiro atoms. The summed E-state index contributed by atoms with van der Waals surface area (Å²) in [5, 5.41) is 12.4. The summed E-state index contributed by atoms with van der Waals surface area (Å²) in [5.74, 6) is -1.07. The number of rotatable bonds is 3. The van der Waals surface area contributed by atoms with E-state index in [0.717, 1.165) is 19.4 Å². The number of fused-ring (bicyclic) bond motifs is 2. The number of carbonyl (C=O) groups is 2. The molecular weight excluding hydrogens is 248 g/mol. The highest BCUT2D eigenvalue weighted by molar-refractivity contribution is 5.81. The number of nitrogens with one attached hydrogen (secondary N) is 1. The first kappa shape index (κ1) is 12.9. The summed E-state index contributed by atoms with van der Waals surface area (Å²) in [5.41, 5.74) is 0. The van der Waals surface area contributed by atoms with Gasteiger partial charge in [-0.15, -0.1) is 0 Å². The Balaban J connectivity index is 1.62. The average Bonchev–Trinajstić information content (AvgIpc) is 2.97. The van der Waals surface area contributed by atoms with Gasteiger partial charge in [-0.05, 0) is 19.3 Å². The van der Waals surface area contributed by atoms with Gasteiger partial charge in [-0.1, -0.05) is 0 Å². The number of ether oxygens (including phenoxy) is 1. The molecule has 2 N–H and O–H groups in total. The molecule has 0 saturated carbocycles. The van der Waals surface area contributed by atoms with E-state index in [-0.39, 0.29) is 30.0 Å². The second-order valence-electron chi connectivity index (χ2n) is 5.68. The zero-order chi connectivity index (χ0) is 13.4. The number of aliphatic carboxylic acids is 1. The number of nitrogens with zero attached hydrogens (tertiary/aromatic N) is 1. The molecular formula is C13H20N2O4. The molecule has 3 saturated heterocycles. The van der Waals surface area contributed by atoms with Crippen LogP contribution in [0.25, 0.3) is 0 Å². The molecule has 2 bridgehead atoms. The molecule has 3 heterocycles. The number of carboxylic acids is 1. The van der Waals surface area contributed by atoms with E-state index in [0.29, 0.717) is 26.0 Å². The Bertz CT molecular complexity index is 381. The van der Waals surface area contributed by atoms with Gasteiger partial charge >= 0.3 is 5.97 Å². The maximum atomic E-state index is 12.4. The first-order valence-corrected chi connectivity index (χ1v) is 7.03. The van der Waals surface area contributed by atoms with Crippen molar-refractivity contribution in [2.75, 3.05) is 19.7 Å². The van der Waals surface area contributed by atoms with Crippen molar-refractivity contribution in [3.05, 3.63) is 0 Å². The topological polar surface area (TPSA) is 78.9 Å². The van der Waals surface area contributed by atoms with Gasteiger partial charge in [-0.25, -0.2) is 0 Å². The number of carboxylic acid groups (broad SMARTS) is 1. The number of amides is 1. The molecule has 6 nitrogen and oxygen atoms in total. The summed E-state index contributed by atoms with van der Waals surface area (Å²) < 4.78 is 5.55. The first-order valence-electron chi connectivity index (χ1n) is 7.03. The molecule has 0 aromatic rings. The van der Waals surface area contributed by atoms with Crippen LogP contribution in [0.15, 0.2) is 0 Å². The largest absolute Gasteiger partial charge is 0.481 e. The molecule has 3 rings (SSSR count). The van der Waals surface area contributed by atoms with Crippen molar-refractivity contribution in [2.24, 2.45) is 5.92 Å². The number of carbonyl (C=O) groups excluding carboxylic acids is 1. The number of hydrogen-bond acceptors (Lipinski definition) is 4. The number of morpholine rings is 1. The average molecular weight is 268 g/mol. The van der Waals surface area contributed by atoms with Gasteiger partial charge in [0.1, 0.15) is 0 Å². The normalized spacial score (nSPS) is 37.6. The Hall–Kier alpha value is -1.14. The van der Waals surface area contributed by atoms with Gasteiger partial charge in [0, 0.05) is 25.2 Å². The Morgan fingerprint density at radius 3 is 2.84 bits per heavy atom. The van der Waals surface area contributed by atoms with Gasteiger partial charge in [0.15, 0.2) is 0 Å². The van der Waals surface area contributed by atoms with Gasteiger partial charge in [-0.3, -0.25) is 9.59 Å². The van der Waals surface area contributed by atoms with E-state index in [1.165, 1.54) is 0 Å². The van der Waals surface area contributed by atoms with Crippen LogP contribution < -0.4 is 5.32 Å². The summed E-state index contributed by atoms with van der Waals surface area (Å²) in [4.78, 5) is 25.4. The van der Waals surface area contributed by atoms with Crippen molar-refractivity contribution in [3.63, 3.8) is 0 Å². The second kappa shape index (κ2) is 5.09. The lowest BCUT2D eigenvalue weighted by Gasteiger charge is -2.28. The Kier molecular flexibility index (Phi) is 3.45. The van der Waals surface area contributed by atoms with Crippen LogP contribution in [-0.4, -0.2) is 59.8 Å². The molecule has 3 aliphatic heterocycles. The van der Waals surface area contributed by atoms with E-state index in [4.69, 9.17) is 4.74 Å². The Morgan fingerprint density at radius 1 is 1.37 bits per heavy atom. The highest BCUT2D eigenvalue weighted by Crippen LogP contribution is 2.42. The summed E-state index contributed by atoms with van der Waals surface area (Å²) in [7, 11) is 0. The van der Waals surface area contributed by atoms with Crippen LogP contribution in [0, 0.1) is 5.92 Å². The van der Waals surface area contributed by atoms with E-state index in [1.54, 1.807) is 0 Å². The smallest absolute Gasteiger partial charge is 0.308 e. The first-order chi connectivity index (χ1) is 9.16. The standard InChI is InChI=1S/C13H20N2O4/c16-12(6-9-7-14-3-4-19-9)15-8-1-2-11(15)10(5-8)13(17)18/h8-11,14H,1-7H2,(H,17,18). The van der Waals surface area contributed by atoms with Crippen LogP contribution in [0.1, 0.15) is 25.7 Å². The molecule has 4 unspecified atom stereocenters. The van der Waals surface area contributed by atoms with E-state index >= 15 is 0 Å². The fourth-order valence-corrected chi connectivity index (χ4v) is 3.69. The van der Waals surface area contributed by atoms with E-state index in [2.05, 4.69) is 5.32 Å². The molecule has 6 heteroatoms. The van der Waals surface area contributed by atoms with Gasteiger partial charge < -0.3 is 20.1 Å². The minimum Gasteiger partial charge on any atom is -0.481 e. The Labute approximate surface area is 112 Å². The van der Waals surface area contributed by atoms with Crippen LogP contribution in [0.5, 0.6) is 0 Å². The predicted molar refractivity (Wildman–Crippen MR) is 66.6 cm³/mol. The number of hydrogen-bond donors (Lipinski definition) is 2. The van der Waals surface area contributed by atoms with Crippen molar-refractivity contribution >= 4 is 11.9 Å². The lowest BCUT2D eigenvalue weighted by molar-refractivity contribution is -0.143. The fraction of sp³-hybridized carbons (Fsp3) is 0.846. The minimum absolute atomic E-state index is 0.0601. The monoisotopic (exact) mass is 268 g/mol. The molecule has 0 aliphatic carbocycles. The maximum Gasteiger partial charge on any atom is 0.308 e. The zero-order valence-corrected chi connectivity index (χ0v) is 10.9. The highest BCUT2D eigenvalue weighted by Gasteiger charge is 2.51. The van der Waals surface area contributed by atoms with Crippen LogP contribution in [-0.2, 0) is 14.3 Å². The SMILES string of the molecule is O=C(O)C1CC2CCC1N2C(=O)CC1CNCCO1. The molecule has 0 aromatic heterocycles. The van der Waals surface area contributed by atoms with Crippen molar-refractivity contribution in [1.29, 1.82) is 0 Å². The van der Waals surface area contributed by atoms with E-state index in [1.807, 2.05) is 4.90 Å². The maximum absolute atomic E-state index is 12.4. The van der Waals surface area contributed by atoms with E-state index in [9.17, 15) is 14.7 Å². The Morgan fingerprint density at radius 2 is 2.21 bits per heavy atom. The molecule has 0 aromatic carbocycles. The van der Waals surface area contributed by atoms with Gasteiger partial charge in [0.25, 0.3) is 0 Å². The van der Waals surface area contributed by atoms with Crippen LogP contribution in [0.2, 0.25) is 0 Å². The molecule has 19 heavy (non-hydrogen) atoms. The van der Waals surface area contributed by atoms with Crippen molar-refractivity contribution in [3.8, 4) is 0 Å². The molecule has 3 fully saturated rings. The summed E-state index contributed by atoms with van der Waals surface area (Å²) in [6.07, 6.45) is 2.70. The fourth-order valence-electron chi connectivity index (χ4n) is 3.69. The quantitative estimate of drug-likeness (QED) is 0.743. The van der Waals surface area contributed by atoms with Gasteiger partial charge in [0.05, 0.1) is 25.0 Å². The summed E-state index contributed by atoms with van der Waals surface area (Å²) in [6, 6.07) is 0.0432. The molecule has 0 radical (unpaired) electrons. The summed E-state index contributed by atoms with van der Waals surface area (Å²) in [6.45, 7) is 2.18. The zero-order valence-electron chi connectivity index (χ0n) is 10.9.